The van der Waals surface area contributed by atoms with Crippen molar-refractivity contribution in [1.82, 2.24) is 0 Å². The maximum atomic E-state index is 6.36. The van der Waals surface area contributed by atoms with Crippen LogP contribution in [0.15, 0.2) is 31.2 Å². The minimum Gasteiger partial charge on any atom is -0.152 e. The van der Waals surface area contributed by atoms with E-state index in [1.165, 1.54) is 10.4 Å². The third-order valence-corrected chi connectivity index (χ3v) is 6.59. The van der Waals surface area contributed by atoms with Gasteiger partial charge in [-0.25, -0.2) is 0 Å². The van der Waals surface area contributed by atoms with Crippen molar-refractivity contribution < 1.29 is 0 Å². The van der Waals surface area contributed by atoms with E-state index in [4.69, 9.17) is 11.6 Å². The molecule has 0 saturated carbocycles. The molecule has 0 saturated heterocycles. The van der Waals surface area contributed by atoms with Crippen LogP contribution in [0.1, 0.15) is 15.8 Å². The normalized spacial score (nSPS) is 13.0. The summed E-state index contributed by atoms with van der Waals surface area (Å²) in [4.78, 5) is 1.20. The second-order valence-corrected chi connectivity index (χ2v) is 7.64. The molecule has 0 aromatic carbocycles. The highest BCUT2D eigenvalue weighted by molar-refractivity contribution is 9.13. The molecule has 15 heavy (non-hydrogen) atoms. The first-order chi connectivity index (χ1) is 7.16. The fraction of sp³-hybridized carbons (Fsp3) is 0.200. The lowest BCUT2D eigenvalue weighted by atomic mass is 10.2. The van der Waals surface area contributed by atoms with E-state index in [0.717, 1.165) is 14.7 Å². The molecule has 0 spiro atoms. The van der Waals surface area contributed by atoms with Crippen molar-refractivity contribution in [2.75, 3.05) is 0 Å². The lowest BCUT2D eigenvalue weighted by Crippen LogP contribution is -1.90. The van der Waals surface area contributed by atoms with E-state index in [0.29, 0.717) is 0 Å². The minimum atomic E-state index is 0.0622. The Kier molecular flexibility index (Phi) is 4.30. The summed E-state index contributed by atoms with van der Waals surface area (Å²) in [7, 11) is 0. The first-order valence-electron chi connectivity index (χ1n) is 4.26. The molecule has 0 aliphatic heterocycles. The quantitative estimate of drug-likeness (QED) is 0.580. The lowest BCUT2D eigenvalue weighted by Gasteiger charge is -2.04. The molecule has 0 fully saturated rings. The van der Waals surface area contributed by atoms with Gasteiger partial charge in [0.05, 0.1) is 9.16 Å². The summed E-state index contributed by atoms with van der Waals surface area (Å²) in [6.45, 7) is 0. The smallest absolute Gasteiger partial charge is 0.0843 e. The van der Waals surface area contributed by atoms with Gasteiger partial charge in [-0.2, -0.15) is 11.3 Å². The van der Waals surface area contributed by atoms with Crippen molar-refractivity contribution in [3.05, 3.63) is 41.6 Å². The summed E-state index contributed by atoms with van der Waals surface area (Å²) in [6.07, 6.45) is 0.893. The van der Waals surface area contributed by atoms with Gasteiger partial charge in [0.15, 0.2) is 0 Å². The maximum absolute atomic E-state index is 6.36. The predicted octanol–water partition coefficient (Wildman–Crippen LogP) is 5.86. The predicted molar refractivity (Wildman–Crippen MR) is 76.3 cm³/mol. The molecule has 0 radical (unpaired) electrons. The van der Waals surface area contributed by atoms with Crippen LogP contribution in [0.25, 0.3) is 0 Å². The van der Waals surface area contributed by atoms with Gasteiger partial charge in [-0.05, 0) is 66.7 Å². The summed E-state index contributed by atoms with van der Waals surface area (Å²) >= 11 is 16.7. The Balaban J connectivity index is 2.11. The summed E-state index contributed by atoms with van der Waals surface area (Å²) in [5.41, 5.74) is 1.31. The highest BCUT2D eigenvalue weighted by atomic mass is 79.9. The minimum absolute atomic E-state index is 0.0622. The van der Waals surface area contributed by atoms with Gasteiger partial charge < -0.3 is 0 Å². The molecule has 1 atom stereocenters. The number of hydrogen-bond acceptors (Lipinski definition) is 2. The number of rotatable bonds is 3. The van der Waals surface area contributed by atoms with Crippen LogP contribution in [0.2, 0.25) is 0 Å². The van der Waals surface area contributed by atoms with Gasteiger partial charge in [0.1, 0.15) is 0 Å². The van der Waals surface area contributed by atoms with Crippen LogP contribution >= 0.6 is 66.1 Å². The molecular weight excluding hydrogens is 380 g/mol. The molecule has 5 heteroatoms. The van der Waals surface area contributed by atoms with Crippen molar-refractivity contribution in [1.29, 1.82) is 0 Å². The van der Waals surface area contributed by atoms with E-state index < -0.39 is 0 Å². The van der Waals surface area contributed by atoms with Crippen molar-refractivity contribution in [3.8, 4) is 0 Å². The molecule has 2 aromatic rings. The molecule has 0 N–H and O–H groups in total. The van der Waals surface area contributed by atoms with Crippen molar-refractivity contribution in [2.24, 2.45) is 0 Å². The molecule has 0 aliphatic rings. The fourth-order valence-electron chi connectivity index (χ4n) is 1.23. The first kappa shape index (κ1) is 12.1. The Morgan fingerprint density at radius 2 is 2.20 bits per heavy atom. The lowest BCUT2D eigenvalue weighted by molar-refractivity contribution is 0.945. The van der Waals surface area contributed by atoms with Crippen LogP contribution in [-0.4, -0.2) is 0 Å². The van der Waals surface area contributed by atoms with E-state index in [-0.39, 0.29) is 5.38 Å². The first-order valence-corrected chi connectivity index (χ1v) is 8.05. The molecule has 2 aromatic heterocycles. The Morgan fingerprint density at radius 3 is 2.73 bits per heavy atom. The zero-order valence-electron chi connectivity index (χ0n) is 7.54. The average Bonchev–Trinajstić information content (AvgIpc) is 2.78. The van der Waals surface area contributed by atoms with Gasteiger partial charge in [0, 0.05) is 9.35 Å². The van der Waals surface area contributed by atoms with Gasteiger partial charge in [-0.1, -0.05) is 0 Å². The van der Waals surface area contributed by atoms with E-state index in [2.05, 4.69) is 54.8 Å². The van der Waals surface area contributed by atoms with Crippen molar-refractivity contribution in [3.63, 3.8) is 0 Å². The Morgan fingerprint density at radius 1 is 1.40 bits per heavy atom. The fourth-order valence-corrected chi connectivity index (χ4v) is 4.36. The Hall–Kier alpha value is 0.650. The molecule has 80 valence electrons. The van der Waals surface area contributed by atoms with E-state index in [1.54, 1.807) is 22.7 Å². The molecule has 0 amide bonds. The highest BCUT2D eigenvalue weighted by Crippen LogP contribution is 2.38. The monoisotopic (exact) mass is 384 g/mol. The van der Waals surface area contributed by atoms with Crippen LogP contribution in [0.5, 0.6) is 0 Å². The van der Waals surface area contributed by atoms with Crippen LogP contribution in [0.3, 0.4) is 0 Å². The average molecular weight is 387 g/mol. The third-order valence-electron chi connectivity index (χ3n) is 1.97. The van der Waals surface area contributed by atoms with E-state index >= 15 is 0 Å². The van der Waals surface area contributed by atoms with Gasteiger partial charge in [-0.3, -0.25) is 0 Å². The molecule has 2 heterocycles. The van der Waals surface area contributed by atoms with Gasteiger partial charge in [-0.15, -0.1) is 22.9 Å². The standard InChI is InChI=1S/C10H7Br2ClS2/c11-7-4-9(15-10(7)12)8(13)3-6-1-2-14-5-6/h1-2,4-5,8H,3H2. The highest BCUT2D eigenvalue weighted by Gasteiger charge is 2.13. The summed E-state index contributed by atoms with van der Waals surface area (Å²) in [5, 5.41) is 4.29. The molecular formula is C10H7Br2ClS2. The second-order valence-electron chi connectivity index (χ2n) is 3.07. The molecule has 2 rings (SSSR count). The molecule has 0 aliphatic carbocycles. The zero-order valence-corrected chi connectivity index (χ0v) is 13.1. The third kappa shape index (κ3) is 3.07. The second kappa shape index (κ2) is 5.32. The van der Waals surface area contributed by atoms with Crippen molar-refractivity contribution >= 4 is 66.1 Å². The largest absolute Gasteiger partial charge is 0.152 e. The van der Waals surface area contributed by atoms with Crippen LogP contribution in [0.4, 0.5) is 0 Å². The van der Waals surface area contributed by atoms with Crippen LogP contribution in [-0.2, 0) is 6.42 Å². The number of thiophene rings is 2. The number of hydrogen-bond donors (Lipinski definition) is 0. The molecule has 1 unspecified atom stereocenters. The van der Waals surface area contributed by atoms with E-state index in [1.807, 2.05) is 0 Å². The zero-order chi connectivity index (χ0) is 10.8. The molecule has 0 nitrogen and oxygen atoms in total. The van der Waals surface area contributed by atoms with Gasteiger partial charge >= 0.3 is 0 Å². The van der Waals surface area contributed by atoms with Crippen molar-refractivity contribution in [2.45, 2.75) is 11.8 Å². The van der Waals surface area contributed by atoms with Gasteiger partial charge in [0.2, 0.25) is 0 Å². The SMILES string of the molecule is ClC(Cc1ccsc1)c1cc(Br)c(Br)s1. The number of halogens is 3. The summed E-state index contributed by atoms with van der Waals surface area (Å²) < 4.78 is 2.19. The number of alkyl halides is 1. The maximum Gasteiger partial charge on any atom is 0.0843 e. The summed E-state index contributed by atoms with van der Waals surface area (Å²) in [5.74, 6) is 0. The summed E-state index contributed by atoms with van der Waals surface area (Å²) in [6, 6.07) is 4.20. The molecule has 0 bridgehead atoms. The Bertz CT molecular complexity index is 417. The van der Waals surface area contributed by atoms with Crippen LogP contribution in [0, 0.1) is 0 Å². The van der Waals surface area contributed by atoms with Gasteiger partial charge in [0.25, 0.3) is 0 Å². The Labute approximate surface area is 119 Å². The van der Waals surface area contributed by atoms with E-state index in [9.17, 15) is 0 Å². The topological polar surface area (TPSA) is 0 Å². The van der Waals surface area contributed by atoms with Crippen LogP contribution < -0.4 is 0 Å².